The molecule has 1 unspecified atom stereocenters. The SMILES string of the molecule is CCCSc1nc2n(n1)C(c1ccc(OCc3ccc(Cl)cc3Cl)cc1)C(C(=O)OC)=C(C)N2. The van der Waals surface area contributed by atoms with Crippen LogP contribution in [0.5, 0.6) is 5.75 Å². The monoisotopic (exact) mass is 518 g/mol. The van der Waals surface area contributed by atoms with Crippen LogP contribution in [0.2, 0.25) is 10.0 Å². The van der Waals surface area contributed by atoms with Crippen molar-refractivity contribution in [3.63, 3.8) is 0 Å². The van der Waals surface area contributed by atoms with E-state index in [1.54, 1.807) is 28.6 Å². The van der Waals surface area contributed by atoms with Gasteiger partial charge < -0.3 is 14.8 Å². The Kier molecular flexibility index (Phi) is 7.70. The normalized spacial score (nSPS) is 15.0. The molecule has 178 valence electrons. The van der Waals surface area contributed by atoms with E-state index in [0.29, 0.717) is 44.8 Å². The van der Waals surface area contributed by atoms with Crippen molar-refractivity contribution in [3.8, 4) is 5.75 Å². The third-order valence-corrected chi connectivity index (χ3v) is 6.91. The minimum atomic E-state index is -0.480. The van der Waals surface area contributed by atoms with Crippen molar-refractivity contribution in [1.82, 2.24) is 14.8 Å². The molecule has 1 atom stereocenters. The molecule has 34 heavy (non-hydrogen) atoms. The Labute approximate surface area is 212 Å². The highest BCUT2D eigenvalue weighted by atomic mass is 35.5. The third kappa shape index (κ3) is 5.19. The van der Waals surface area contributed by atoms with Crippen LogP contribution in [0.1, 0.15) is 37.4 Å². The highest BCUT2D eigenvalue weighted by molar-refractivity contribution is 7.99. The fraction of sp³-hybridized carbons (Fsp3) is 0.292. The lowest BCUT2D eigenvalue weighted by Crippen LogP contribution is -2.29. The summed E-state index contributed by atoms with van der Waals surface area (Å²) in [6, 6.07) is 12.4. The van der Waals surface area contributed by atoms with Crippen LogP contribution in [0.3, 0.4) is 0 Å². The number of halogens is 2. The summed E-state index contributed by atoms with van der Waals surface area (Å²) >= 11 is 13.8. The van der Waals surface area contributed by atoms with Gasteiger partial charge in [0, 0.05) is 27.1 Å². The van der Waals surface area contributed by atoms with E-state index < -0.39 is 12.0 Å². The first kappa shape index (κ1) is 24.4. The van der Waals surface area contributed by atoms with Gasteiger partial charge >= 0.3 is 5.97 Å². The zero-order valence-corrected chi connectivity index (χ0v) is 21.3. The minimum absolute atomic E-state index is 0.306. The van der Waals surface area contributed by atoms with Crippen LogP contribution in [-0.2, 0) is 16.1 Å². The Morgan fingerprint density at radius 1 is 1.21 bits per heavy atom. The number of methoxy groups -OCH3 is 1. The van der Waals surface area contributed by atoms with Crippen molar-refractivity contribution in [2.45, 2.75) is 38.1 Å². The molecule has 10 heteroatoms. The lowest BCUT2D eigenvalue weighted by molar-refractivity contribution is -0.136. The maximum absolute atomic E-state index is 12.7. The highest BCUT2D eigenvalue weighted by Gasteiger charge is 2.35. The third-order valence-electron chi connectivity index (χ3n) is 5.28. The maximum Gasteiger partial charge on any atom is 0.338 e. The van der Waals surface area contributed by atoms with E-state index in [0.717, 1.165) is 23.3 Å². The molecule has 2 heterocycles. The predicted molar refractivity (Wildman–Crippen MR) is 135 cm³/mol. The number of aromatic nitrogens is 3. The minimum Gasteiger partial charge on any atom is -0.489 e. The summed E-state index contributed by atoms with van der Waals surface area (Å²) in [5, 5.41) is 9.65. The van der Waals surface area contributed by atoms with Gasteiger partial charge in [0.15, 0.2) is 0 Å². The van der Waals surface area contributed by atoms with Crippen molar-refractivity contribution in [1.29, 1.82) is 0 Å². The van der Waals surface area contributed by atoms with E-state index in [4.69, 9.17) is 32.7 Å². The van der Waals surface area contributed by atoms with Crippen LogP contribution in [-0.4, -0.2) is 33.6 Å². The summed E-state index contributed by atoms with van der Waals surface area (Å²) in [6.07, 6.45) is 1.01. The van der Waals surface area contributed by atoms with Crippen LogP contribution >= 0.6 is 35.0 Å². The Balaban J connectivity index is 1.61. The topological polar surface area (TPSA) is 78.3 Å². The fourth-order valence-electron chi connectivity index (χ4n) is 3.61. The number of hydrogen-bond acceptors (Lipinski definition) is 7. The van der Waals surface area contributed by atoms with Gasteiger partial charge in [-0.25, -0.2) is 9.48 Å². The van der Waals surface area contributed by atoms with Crippen molar-refractivity contribution >= 4 is 46.9 Å². The zero-order valence-electron chi connectivity index (χ0n) is 19.0. The first-order valence-electron chi connectivity index (χ1n) is 10.7. The molecule has 1 N–H and O–H groups in total. The Morgan fingerprint density at radius 2 is 1.97 bits per heavy atom. The van der Waals surface area contributed by atoms with Gasteiger partial charge in [-0.1, -0.05) is 60.1 Å². The number of rotatable bonds is 8. The molecule has 1 aliphatic rings. The average molecular weight is 519 g/mol. The molecule has 3 aromatic rings. The van der Waals surface area contributed by atoms with E-state index in [1.807, 2.05) is 37.3 Å². The molecule has 0 aliphatic carbocycles. The molecule has 0 amide bonds. The van der Waals surface area contributed by atoms with Crippen LogP contribution in [0, 0.1) is 0 Å². The second-order valence-electron chi connectivity index (χ2n) is 7.66. The zero-order chi connectivity index (χ0) is 24.2. The van der Waals surface area contributed by atoms with Crippen LogP contribution in [0.25, 0.3) is 0 Å². The number of carbonyl (C=O) groups excluding carboxylic acids is 1. The molecule has 0 radical (unpaired) electrons. The second-order valence-corrected chi connectivity index (χ2v) is 9.57. The summed E-state index contributed by atoms with van der Waals surface area (Å²) in [6.45, 7) is 4.25. The first-order valence-corrected chi connectivity index (χ1v) is 12.5. The van der Waals surface area contributed by atoms with E-state index in [1.165, 1.54) is 7.11 Å². The summed E-state index contributed by atoms with van der Waals surface area (Å²) in [5.41, 5.74) is 2.86. The molecule has 1 aromatic heterocycles. The standard InChI is InChI=1S/C24H24Cl2N4O3S/c1-4-11-34-24-28-23-27-14(2)20(22(31)32-3)21(30(23)29-24)15-6-9-18(10-7-15)33-13-16-5-8-17(25)12-19(16)26/h5-10,12,21H,4,11,13H2,1-3H3,(H,27,28,29). The smallest absolute Gasteiger partial charge is 0.338 e. The van der Waals surface area contributed by atoms with E-state index in [9.17, 15) is 4.79 Å². The molecule has 7 nitrogen and oxygen atoms in total. The number of esters is 1. The Morgan fingerprint density at radius 3 is 2.65 bits per heavy atom. The van der Waals surface area contributed by atoms with Crippen molar-refractivity contribution in [2.24, 2.45) is 0 Å². The maximum atomic E-state index is 12.7. The first-order chi connectivity index (χ1) is 16.4. The second kappa shape index (κ2) is 10.7. The van der Waals surface area contributed by atoms with Crippen LogP contribution in [0.4, 0.5) is 5.95 Å². The number of benzene rings is 2. The number of anilines is 1. The Hall–Kier alpha value is -2.68. The van der Waals surface area contributed by atoms with Crippen molar-refractivity contribution < 1.29 is 14.3 Å². The van der Waals surface area contributed by atoms with Crippen molar-refractivity contribution in [3.05, 3.63) is 74.9 Å². The predicted octanol–water partition coefficient (Wildman–Crippen LogP) is 6.13. The summed E-state index contributed by atoms with van der Waals surface area (Å²) in [4.78, 5) is 17.3. The molecule has 0 saturated heterocycles. The van der Waals surface area contributed by atoms with Gasteiger partial charge in [0.2, 0.25) is 11.1 Å². The van der Waals surface area contributed by atoms with E-state index in [2.05, 4.69) is 22.3 Å². The molecule has 0 bridgehead atoms. The number of nitrogens with zero attached hydrogens (tertiary/aromatic N) is 3. The lowest BCUT2D eigenvalue weighted by atomic mass is 9.96. The van der Waals surface area contributed by atoms with Gasteiger partial charge in [0.25, 0.3) is 0 Å². The van der Waals surface area contributed by atoms with E-state index in [-0.39, 0.29) is 0 Å². The number of carbonyl (C=O) groups is 1. The molecule has 0 fully saturated rings. The van der Waals surface area contributed by atoms with Gasteiger partial charge in [-0.15, -0.1) is 5.10 Å². The number of ether oxygens (including phenoxy) is 2. The number of allylic oxidation sites excluding steroid dienone is 1. The summed E-state index contributed by atoms with van der Waals surface area (Å²) in [5.74, 6) is 1.75. The van der Waals surface area contributed by atoms with E-state index >= 15 is 0 Å². The summed E-state index contributed by atoms with van der Waals surface area (Å²) in [7, 11) is 1.37. The number of fused-ring (bicyclic) bond motifs is 1. The van der Waals surface area contributed by atoms with Crippen LogP contribution in [0.15, 0.2) is 58.9 Å². The van der Waals surface area contributed by atoms with Gasteiger partial charge in [-0.2, -0.15) is 4.98 Å². The fourth-order valence-corrected chi connectivity index (χ4v) is 4.76. The van der Waals surface area contributed by atoms with Crippen LogP contribution < -0.4 is 10.1 Å². The quantitative estimate of drug-likeness (QED) is 0.283. The molecule has 1 aliphatic heterocycles. The highest BCUT2D eigenvalue weighted by Crippen LogP contribution is 2.37. The Bertz CT molecular complexity index is 1230. The summed E-state index contributed by atoms with van der Waals surface area (Å²) < 4.78 is 12.7. The molecule has 0 saturated carbocycles. The number of hydrogen-bond donors (Lipinski definition) is 1. The molecular weight excluding hydrogens is 495 g/mol. The number of nitrogens with one attached hydrogen (secondary N) is 1. The van der Waals surface area contributed by atoms with Crippen molar-refractivity contribution in [2.75, 3.05) is 18.2 Å². The molecular formula is C24H24Cl2N4O3S. The van der Waals surface area contributed by atoms with Gasteiger partial charge in [0.05, 0.1) is 12.7 Å². The molecule has 4 rings (SSSR count). The largest absolute Gasteiger partial charge is 0.489 e. The van der Waals surface area contributed by atoms with Gasteiger partial charge in [0.1, 0.15) is 18.4 Å². The number of thioether (sulfide) groups is 1. The molecule has 0 spiro atoms. The van der Waals surface area contributed by atoms with Gasteiger partial charge in [-0.3, -0.25) is 0 Å². The van der Waals surface area contributed by atoms with Gasteiger partial charge in [-0.05, 0) is 43.2 Å². The lowest BCUT2D eigenvalue weighted by Gasteiger charge is -2.27. The average Bonchev–Trinajstić information content (AvgIpc) is 3.23. The molecule has 2 aromatic carbocycles.